The minimum Gasteiger partial charge on any atom is -0.473 e. The maximum absolute atomic E-state index is 14.2. The Hall–Kier alpha value is -3.44. The quantitative estimate of drug-likeness (QED) is 0.387. The predicted octanol–water partition coefficient (Wildman–Crippen LogP) is 5.20. The molecule has 0 atom stereocenters. The molecule has 6 nitrogen and oxygen atoms in total. The third kappa shape index (κ3) is 4.16. The van der Waals surface area contributed by atoms with E-state index in [0.717, 1.165) is 10.7 Å². The van der Waals surface area contributed by atoms with E-state index in [-0.39, 0.29) is 41.7 Å². The fraction of sp³-hybridized carbons (Fsp3) is 0.333. The van der Waals surface area contributed by atoms with Crippen LogP contribution in [0.5, 0.6) is 17.4 Å². The Morgan fingerprint density at radius 3 is 2.58 bits per heavy atom. The van der Waals surface area contributed by atoms with Crippen LogP contribution in [0.1, 0.15) is 35.4 Å². The van der Waals surface area contributed by atoms with Gasteiger partial charge >= 0.3 is 12.5 Å². The summed E-state index contributed by atoms with van der Waals surface area (Å²) in [4.78, 5) is 3.61. The highest BCUT2D eigenvalue weighted by atomic mass is 19.4. The maximum atomic E-state index is 14.2. The van der Waals surface area contributed by atoms with E-state index in [9.17, 15) is 26.3 Å². The molecular weight excluding hydrogens is 456 g/mol. The van der Waals surface area contributed by atoms with E-state index in [4.69, 9.17) is 4.74 Å². The number of nitrogens with zero attached hydrogens (tertiary/aromatic N) is 3. The molecule has 1 aromatic carbocycles. The first kappa shape index (κ1) is 21.4. The molecule has 33 heavy (non-hydrogen) atoms. The van der Waals surface area contributed by atoms with E-state index < -0.39 is 24.1 Å². The lowest BCUT2D eigenvalue weighted by molar-refractivity contribution is -0.286. The van der Waals surface area contributed by atoms with Crippen molar-refractivity contribution >= 4 is 0 Å². The number of alkyl halides is 5. The number of fused-ring (bicyclic) bond motifs is 2. The summed E-state index contributed by atoms with van der Waals surface area (Å²) in [5.41, 5.74) is -0.0450. The maximum Gasteiger partial charge on any atom is 0.586 e. The zero-order valence-corrected chi connectivity index (χ0v) is 16.8. The second-order valence-corrected chi connectivity index (χ2v) is 7.61. The number of benzene rings is 1. The number of pyridine rings is 1. The van der Waals surface area contributed by atoms with Crippen LogP contribution in [-0.4, -0.2) is 21.1 Å². The Kier molecular flexibility index (Phi) is 4.91. The molecule has 0 amide bonds. The first-order chi connectivity index (χ1) is 15.6. The van der Waals surface area contributed by atoms with Crippen molar-refractivity contribution in [3.8, 4) is 23.1 Å². The van der Waals surface area contributed by atoms with Gasteiger partial charge in [0.1, 0.15) is 6.61 Å². The zero-order valence-electron chi connectivity index (χ0n) is 16.8. The molecule has 0 saturated heterocycles. The highest BCUT2D eigenvalue weighted by Crippen LogP contribution is 2.41. The van der Waals surface area contributed by atoms with Gasteiger partial charge in [-0.15, -0.1) is 8.78 Å². The van der Waals surface area contributed by atoms with Crippen molar-refractivity contribution in [1.29, 1.82) is 0 Å². The van der Waals surface area contributed by atoms with Gasteiger partial charge in [-0.3, -0.25) is 0 Å². The molecule has 1 aliphatic carbocycles. The van der Waals surface area contributed by atoms with Crippen molar-refractivity contribution in [3.63, 3.8) is 0 Å². The van der Waals surface area contributed by atoms with Crippen LogP contribution in [0.4, 0.5) is 26.3 Å². The van der Waals surface area contributed by atoms with Gasteiger partial charge in [0.15, 0.2) is 17.2 Å². The third-order valence-electron chi connectivity index (χ3n) is 5.30. The van der Waals surface area contributed by atoms with Crippen molar-refractivity contribution < 1.29 is 40.6 Å². The zero-order chi connectivity index (χ0) is 23.4. The van der Waals surface area contributed by atoms with Crippen molar-refractivity contribution in [2.75, 3.05) is 0 Å². The van der Waals surface area contributed by atoms with E-state index in [1.165, 1.54) is 24.3 Å². The fourth-order valence-corrected chi connectivity index (χ4v) is 3.94. The Morgan fingerprint density at radius 2 is 1.79 bits per heavy atom. The summed E-state index contributed by atoms with van der Waals surface area (Å²) < 4.78 is 96.1. The first-order valence-electron chi connectivity index (χ1n) is 9.96. The summed E-state index contributed by atoms with van der Waals surface area (Å²) in [5, 5.41) is 3.73. The van der Waals surface area contributed by atoms with Gasteiger partial charge in [0.25, 0.3) is 0 Å². The topological polar surface area (TPSA) is 58.4 Å². The molecule has 174 valence electrons. The van der Waals surface area contributed by atoms with Gasteiger partial charge in [-0.2, -0.15) is 27.6 Å². The Balaban J connectivity index is 1.42. The van der Waals surface area contributed by atoms with Crippen LogP contribution in [0, 0.1) is 5.95 Å². The summed E-state index contributed by atoms with van der Waals surface area (Å²) in [5.74, 6) is -1.50. The monoisotopic (exact) mass is 471 g/mol. The first-order valence-corrected chi connectivity index (χ1v) is 9.96. The molecule has 3 aromatic rings. The Labute approximate surface area is 182 Å². The Bertz CT molecular complexity index is 1220. The number of aromatic nitrogens is 3. The predicted molar refractivity (Wildman–Crippen MR) is 99.9 cm³/mol. The van der Waals surface area contributed by atoms with Gasteiger partial charge in [-0.1, -0.05) is 6.07 Å². The molecule has 3 heterocycles. The smallest absolute Gasteiger partial charge is 0.473 e. The summed E-state index contributed by atoms with van der Waals surface area (Å²) in [7, 11) is 0. The minimum absolute atomic E-state index is 0.0384. The van der Waals surface area contributed by atoms with E-state index in [1.54, 1.807) is 0 Å². The van der Waals surface area contributed by atoms with Gasteiger partial charge in [0, 0.05) is 23.4 Å². The average molecular weight is 471 g/mol. The fourth-order valence-electron chi connectivity index (χ4n) is 3.94. The van der Waals surface area contributed by atoms with E-state index in [1.807, 2.05) is 0 Å². The molecule has 2 aliphatic rings. The molecule has 0 radical (unpaired) electrons. The standard InChI is InChI=1S/C21H15F6N3O3/c22-17-8-12(30-14-4-2-1-3-13(14)19(29-30)20(23,24)25)9-18(28-17)31-10-11-5-6-15-16(7-11)33-21(26,27)32-15/h5-9H,1-4,10H2. The van der Waals surface area contributed by atoms with Crippen molar-refractivity contribution in [2.45, 2.75) is 44.8 Å². The van der Waals surface area contributed by atoms with E-state index >= 15 is 0 Å². The molecule has 1 aliphatic heterocycles. The molecule has 0 saturated carbocycles. The Morgan fingerprint density at radius 1 is 1.03 bits per heavy atom. The van der Waals surface area contributed by atoms with Gasteiger partial charge < -0.3 is 14.2 Å². The van der Waals surface area contributed by atoms with Crippen LogP contribution < -0.4 is 14.2 Å². The van der Waals surface area contributed by atoms with Crippen LogP contribution >= 0.6 is 0 Å². The lowest BCUT2D eigenvalue weighted by Crippen LogP contribution is -2.25. The van der Waals surface area contributed by atoms with Gasteiger partial charge in [-0.25, -0.2) is 4.68 Å². The molecule has 0 N–H and O–H groups in total. The molecule has 5 rings (SSSR count). The van der Waals surface area contributed by atoms with Crippen LogP contribution in [0.2, 0.25) is 0 Å². The minimum atomic E-state index is -4.63. The van der Waals surface area contributed by atoms with Gasteiger partial charge in [0.05, 0.1) is 5.69 Å². The van der Waals surface area contributed by atoms with Gasteiger partial charge in [0.2, 0.25) is 11.8 Å². The summed E-state index contributed by atoms with van der Waals surface area (Å²) in [6, 6.07) is 6.23. The number of rotatable bonds is 4. The lowest BCUT2D eigenvalue weighted by atomic mass is 9.95. The second kappa shape index (κ2) is 7.56. The molecule has 2 aromatic heterocycles. The highest BCUT2D eigenvalue weighted by molar-refractivity contribution is 5.45. The average Bonchev–Trinajstić information content (AvgIpc) is 3.27. The number of hydrogen-bond donors (Lipinski definition) is 0. The third-order valence-corrected chi connectivity index (χ3v) is 5.30. The molecule has 12 heteroatoms. The second-order valence-electron chi connectivity index (χ2n) is 7.61. The molecule has 0 unspecified atom stereocenters. The normalized spacial score (nSPS) is 16.5. The number of ether oxygens (including phenoxy) is 3. The molecule has 0 spiro atoms. The van der Waals surface area contributed by atoms with Crippen molar-refractivity contribution in [1.82, 2.24) is 14.8 Å². The van der Waals surface area contributed by atoms with Gasteiger partial charge in [-0.05, 0) is 43.4 Å². The van der Waals surface area contributed by atoms with Crippen LogP contribution in [0.3, 0.4) is 0 Å². The van der Waals surface area contributed by atoms with Crippen LogP contribution in [0.15, 0.2) is 30.3 Å². The highest BCUT2D eigenvalue weighted by Gasteiger charge is 2.43. The number of halogens is 6. The largest absolute Gasteiger partial charge is 0.586 e. The summed E-state index contributed by atoms with van der Waals surface area (Å²) >= 11 is 0. The summed E-state index contributed by atoms with van der Waals surface area (Å²) in [6.07, 6.45) is -6.48. The van der Waals surface area contributed by atoms with E-state index in [0.29, 0.717) is 30.5 Å². The number of hydrogen-bond acceptors (Lipinski definition) is 5. The van der Waals surface area contributed by atoms with E-state index in [2.05, 4.69) is 19.6 Å². The molecular formula is C21H15F6N3O3. The lowest BCUT2D eigenvalue weighted by Gasteiger charge is -2.15. The molecule has 0 fully saturated rings. The van der Waals surface area contributed by atoms with Crippen LogP contribution in [0.25, 0.3) is 5.69 Å². The van der Waals surface area contributed by atoms with Crippen molar-refractivity contribution in [2.24, 2.45) is 0 Å². The summed E-state index contributed by atoms with van der Waals surface area (Å²) in [6.45, 7) is -0.191. The molecule has 0 bridgehead atoms. The van der Waals surface area contributed by atoms with Crippen LogP contribution in [-0.2, 0) is 25.6 Å². The SMILES string of the molecule is Fc1cc(-n2nc(C(F)(F)F)c3c2CCCC3)cc(OCc2ccc3c(c2)OC(F)(F)O3)n1. The van der Waals surface area contributed by atoms with Crippen molar-refractivity contribution in [3.05, 3.63) is 58.8 Å².